The van der Waals surface area contributed by atoms with Gasteiger partial charge < -0.3 is 10.1 Å². The van der Waals surface area contributed by atoms with Gasteiger partial charge in [0.2, 0.25) is 5.91 Å². The van der Waals surface area contributed by atoms with E-state index in [0.29, 0.717) is 0 Å². The van der Waals surface area contributed by atoms with Gasteiger partial charge in [-0.2, -0.15) is 5.26 Å². The summed E-state index contributed by atoms with van der Waals surface area (Å²) in [7, 11) is 1.48. The summed E-state index contributed by atoms with van der Waals surface area (Å²) in [4.78, 5) is 11.4. The molecule has 0 spiro atoms. The van der Waals surface area contributed by atoms with Gasteiger partial charge in [-0.1, -0.05) is 25.7 Å². The molecular weight excluding hydrogens is 192 g/mol. The van der Waals surface area contributed by atoms with E-state index in [9.17, 15) is 10.1 Å². The van der Waals surface area contributed by atoms with Gasteiger partial charge >= 0.3 is 0 Å². The number of amides is 1. The molecule has 4 nitrogen and oxygen atoms in total. The molecule has 1 amide bonds. The van der Waals surface area contributed by atoms with Crippen LogP contribution in [0.25, 0.3) is 0 Å². The van der Waals surface area contributed by atoms with Gasteiger partial charge in [0.15, 0.2) is 0 Å². The second-order valence-electron chi connectivity index (χ2n) is 4.09. The van der Waals surface area contributed by atoms with Gasteiger partial charge in [0, 0.05) is 7.11 Å². The van der Waals surface area contributed by atoms with Crippen molar-refractivity contribution in [1.29, 1.82) is 5.26 Å². The number of rotatable bonds is 3. The van der Waals surface area contributed by atoms with E-state index in [4.69, 9.17) is 4.74 Å². The molecule has 1 aliphatic carbocycles. The first kappa shape index (κ1) is 12.0. The van der Waals surface area contributed by atoms with Gasteiger partial charge in [0.1, 0.15) is 12.1 Å². The summed E-state index contributed by atoms with van der Waals surface area (Å²) in [5.74, 6) is -0.194. The van der Waals surface area contributed by atoms with Crippen LogP contribution < -0.4 is 5.32 Å². The lowest BCUT2D eigenvalue weighted by Crippen LogP contribution is -2.48. The van der Waals surface area contributed by atoms with Crippen LogP contribution >= 0.6 is 0 Å². The molecule has 0 radical (unpaired) electrons. The maximum absolute atomic E-state index is 11.4. The van der Waals surface area contributed by atoms with Crippen LogP contribution in [0, 0.1) is 11.3 Å². The van der Waals surface area contributed by atoms with Crippen molar-refractivity contribution in [2.75, 3.05) is 13.7 Å². The molecule has 0 saturated heterocycles. The molecule has 1 aliphatic rings. The second kappa shape index (κ2) is 5.72. The van der Waals surface area contributed by atoms with Crippen molar-refractivity contribution in [3.05, 3.63) is 0 Å². The fraction of sp³-hybridized carbons (Fsp3) is 0.818. The van der Waals surface area contributed by atoms with Crippen molar-refractivity contribution in [2.24, 2.45) is 0 Å². The third kappa shape index (κ3) is 3.52. The predicted octanol–water partition coefficient (Wildman–Crippen LogP) is 1.37. The lowest BCUT2D eigenvalue weighted by Gasteiger charge is -2.26. The van der Waals surface area contributed by atoms with Gasteiger partial charge in [-0.3, -0.25) is 4.79 Å². The molecule has 1 fully saturated rings. The number of nitrogens with zero attached hydrogens (tertiary/aromatic N) is 1. The minimum Gasteiger partial charge on any atom is -0.375 e. The fourth-order valence-corrected chi connectivity index (χ4v) is 2.03. The summed E-state index contributed by atoms with van der Waals surface area (Å²) < 4.78 is 4.74. The molecule has 84 valence electrons. The molecule has 1 N–H and O–H groups in total. The number of ether oxygens (including phenoxy) is 1. The normalized spacial score (nSPS) is 20.0. The summed E-state index contributed by atoms with van der Waals surface area (Å²) in [6, 6.07) is 2.26. The zero-order valence-electron chi connectivity index (χ0n) is 9.21. The van der Waals surface area contributed by atoms with Gasteiger partial charge in [0.05, 0.1) is 6.07 Å². The first-order valence-corrected chi connectivity index (χ1v) is 5.44. The minimum atomic E-state index is -0.647. The van der Waals surface area contributed by atoms with E-state index in [1.165, 1.54) is 7.11 Å². The van der Waals surface area contributed by atoms with E-state index >= 15 is 0 Å². The Morgan fingerprint density at radius 3 is 2.47 bits per heavy atom. The molecule has 4 heteroatoms. The van der Waals surface area contributed by atoms with Crippen LogP contribution in [0.15, 0.2) is 0 Å². The Morgan fingerprint density at radius 1 is 1.40 bits per heavy atom. The molecule has 0 heterocycles. The molecule has 1 rings (SSSR count). The van der Waals surface area contributed by atoms with Gasteiger partial charge in [0.25, 0.3) is 0 Å². The van der Waals surface area contributed by atoms with Crippen LogP contribution in [0.1, 0.15) is 38.5 Å². The standard InChI is InChI=1S/C11H18N2O2/c1-15-8-10(14)13-11(9-12)6-4-2-3-5-7-11/h2-8H2,1H3,(H,13,14). The topological polar surface area (TPSA) is 62.1 Å². The Labute approximate surface area is 90.6 Å². The smallest absolute Gasteiger partial charge is 0.247 e. The summed E-state index contributed by atoms with van der Waals surface area (Å²) in [6.45, 7) is 0.0312. The molecule has 0 bridgehead atoms. The number of carbonyl (C=O) groups is 1. The first-order chi connectivity index (χ1) is 7.22. The average molecular weight is 210 g/mol. The van der Waals surface area contributed by atoms with E-state index < -0.39 is 5.54 Å². The zero-order chi connectivity index (χ0) is 11.1. The number of nitriles is 1. The third-order valence-corrected chi connectivity index (χ3v) is 2.83. The lowest BCUT2D eigenvalue weighted by atomic mass is 9.92. The second-order valence-corrected chi connectivity index (χ2v) is 4.09. The van der Waals surface area contributed by atoms with Crippen molar-refractivity contribution >= 4 is 5.91 Å². The predicted molar refractivity (Wildman–Crippen MR) is 56.1 cm³/mol. The van der Waals surface area contributed by atoms with Crippen LogP contribution in [-0.4, -0.2) is 25.2 Å². The van der Waals surface area contributed by atoms with Crippen LogP contribution in [0.5, 0.6) is 0 Å². The summed E-state index contributed by atoms with van der Waals surface area (Å²) >= 11 is 0. The van der Waals surface area contributed by atoms with E-state index in [0.717, 1.165) is 38.5 Å². The number of nitrogens with one attached hydrogen (secondary N) is 1. The summed E-state index contributed by atoms with van der Waals surface area (Å²) in [6.07, 6.45) is 5.87. The highest BCUT2D eigenvalue weighted by atomic mass is 16.5. The molecular formula is C11H18N2O2. The maximum atomic E-state index is 11.4. The van der Waals surface area contributed by atoms with Crippen LogP contribution in [-0.2, 0) is 9.53 Å². The van der Waals surface area contributed by atoms with Crippen molar-refractivity contribution < 1.29 is 9.53 Å². The SMILES string of the molecule is COCC(=O)NC1(C#N)CCCCCC1. The van der Waals surface area contributed by atoms with Crippen LogP contribution in [0.2, 0.25) is 0 Å². The number of hydrogen-bond acceptors (Lipinski definition) is 3. The highest BCUT2D eigenvalue weighted by Gasteiger charge is 2.32. The highest BCUT2D eigenvalue weighted by Crippen LogP contribution is 2.26. The first-order valence-electron chi connectivity index (χ1n) is 5.44. The zero-order valence-corrected chi connectivity index (χ0v) is 9.21. The fourth-order valence-electron chi connectivity index (χ4n) is 2.03. The van der Waals surface area contributed by atoms with Crippen molar-refractivity contribution in [3.8, 4) is 6.07 Å². The number of methoxy groups -OCH3 is 1. The van der Waals surface area contributed by atoms with E-state index in [1.807, 2.05) is 0 Å². The Kier molecular flexibility index (Phi) is 4.57. The van der Waals surface area contributed by atoms with Crippen molar-refractivity contribution in [3.63, 3.8) is 0 Å². The average Bonchev–Trinajstić information content (AvgIpc) is 2.44. The van der Waals surface area contributed by atoms with Gasteiger partial charge in [-0.05, 0) is 12.8 Å². The lowest BCUT2D eigenvalue weighted by molar-refractivity contribution is -0.126. The van der Waals surface area contributed by atoms with Crippen LogP contribution in [0.4, 0.5) is 0 Å². The molecule has 0 unspecified atom stereocenters. The Morgan fingerprint density at radius 2 is 2.00 bits per heavy atom. The molecule has 0 aromatic heterocycles. The van der Waals surface area contributed by atoms with E-state index in [-0.39, 0.29) is 12.5 Å². The molecule has 15 heavy (non-hydrogen) atoms. The number of hydrogen-bond donors (Lipinski definition) is 1. The number of carbonyl (C=O) groups excluding carboxylic acids is 1. The summed E-state index contributed by atoms with van der Waals surface area (Å²) in [5, 5.41) is 12.0. The van der Waals surface area contributed by atoms with Gasteiger partial charge in [-0.15, -0.1) is 0 Å². The van der Waals surface area contributed by atoms with E-state index in [2.05, 4.69) is 11.4 Å². The quantitative estimate of drug-likeness (QED) is 0.715. The maximum Gasteiger partial charge on any atom is 0.247 e. The Balaban J connectivity index is 2.58. The monoisotopic (exact) mass is 210 g/mol. The highest BCUT2D eigenvalue weighted by molar-refractivity contribution is 5.78. The Bertz CT molecular complexity index is 250. The van der Waals surface area contributed by atoms with Crippen LogP contribution in [0.3, 0.4) is 0 Å². The molecule has 0 aliphatic heterocycles. The van der Waals surface area contributed by atoms with Crippen molar-refractivity contribution in [2.45, 2.75) is 44.1 Å². The molecule has 0 aromatic carbocycles. The molecule has 0 atom stereocenters. The largest absolute Gasteiger partial charge is 0.375 e. The minimum absolute atomic E-state index is 0.0312. The van der Waals surface area contributed by atoms with Crippen molar-refractivity contribution in [1.82, 2.24) is 5.32 Å². The molecule has 0 aromatic rings. The van der Waals surface area contributed by atoms with Gasteiger partial charge in [-0.25, -0.2) is 0 Å². The molecule has 1 saturated carbocycles. The Hall–Kier alpha value is -1.08. The third-order valence-electron chi connectivity index (χ3n) is 2.83. The summed E-state index contributed by atoms with van der Waals surface area (Å²) in [5.41, 5.74) is -0.647. The van der Waals surface area contributed by atoms with E-state index in [1.54, 1.807) is 0 Å².